The van der Waals surface area contributed by atoms with Crippen LogP contribution in [0.4, 0.5) is 0 Å². The molecule has 0 saturated heterocycles. The minimum atomic E-state index is 0.510. The van der Waals surface area contributed by atoms with Crippen LogP contribution in [-0.4, -0.2) is 6.54 Å². The number of rotatable bonds is 3. The average molecular weight is 112 g/mol. The van der Waals surface area contributed by atoms with Gasteiger partial charge in [-0.15, -0.1) is 0 Å². The predicted molar refractivity (Wildman–Crippen MR) is 32.0 cm³/mol. The molecule has 2 heteroatoms. The molecule has 0 amide bonds. The molecule has 0 aliphatic heterocycles. The van der Waals surface area contributed by atoms with E-state index >= 15 is 0 Å². The Bertz CT molecular complexity index is 112. The van der Waals surface area contributed by atoms with Crippen LogP contribution in [0, 0.1) is 6.15 Å². The first kappa shape index (κ1) is 7.44. The molecule has 0 radical (unpaired) electrons. The minimum absolute atomic E-state index is 0.510. The molecule has 2 N–H and O–H groups in total. The summed E-state index contributed by atoms with van der Waals surface area (Å²) in [5, 5.41) is 0. The monoisotopic (exact) mass is 112 g/mol. The van der Waals surface area contributed by atoms with Crippen LogP contribution in [-0.2, 0) is 4.65 Å². The second-order valence-electron chi connectivity index (χ2n) is 1.60. The van der Waals surface area contributed by atoms with Crippen LogP contribution in [0.2, 0.25) is 0 Å². The normalized spacial score (nSPS) is 8.00. The Labute approximate surface area is 49.1 Å². The third-order valence-corrected chi connectivity index (χ3v) is 0.827. The van der Waals surface area contributed by atoms with Crippen molar-refractivity contribution in [2.75, 3.05) is 6.54 Å². The molecule has 0 aromatic carbocycles. The van der Waals surface area contributed by atoms with Crippen LogP contribution in [0.25, 0.3) is 0 Å². The van der Waals surface area contributed by atoms with Gasteiger partial charge in [0.2, 0.25) is 0 Å². The van der Waals surface area contributed by atoms with Gasteiger partial charge in [-0.25, -0.2) is 0 Å². The van der Waals surface area contributed by atoms with Crippen LogP contribution in [0.5, 0.6) is 0 Å². The van der Waals surface area contributed by atoms with Gasteiger partial charge in [0.25, 0.3) is 0 Å². The molecule has 2 nitrogen and oxygen atoms in total. The standard InChI is InChI=1S/C6H10NO/c1-6(5-8)3-2-4-7/h1-4,7H2/q+1. The van der Waals surface area contributed by atoms with Gasteiger partial charge in [-0.1, -0.05) is 0 Å². The summed E-state index contributed by atoms with van der Waals surface area (Å²) in [5.41, 5.74) is 5.67. The molecule has 0 unspecified atom stereocenters. The predicted octanol–water partition coefficient (Wildman–Crippen LogP) is 0.671. The van der Waals surface area contributed by atoms with Crippen LogP contribution < -0.4 is 5.73 Å². The molecule has 0 rings (SSSR count). The summed E-state index contributed by atoms with van der Waals surface area (Å²) in [6, 6.07) is 0. The van der Waals surface area contributed by atoms with Crippen molar-refractivity contribution >= 4 is 0 Å². The molecule has 0 aromatic heterocycles. The van der Waals surface area contributed by atoms with Gasteiger partial charge < -0.3 is 0 Å². The SMILES string of the molecule is C=C(C#[O+])CCCN. The Morgan fingerprint density at radius 1 is 1.75 bits per heavy atom. The van der Waals surface area contributed by atoms with E-state index in [0.29, 0.717) is 18.5 Å². The molecule has 0 fully saturated rings. The summed E-state index contributed by atoms with van der Waals surface area (Å²) in [5.74, 6) is 0. The number of nitrogens with two attached hydrogens (primary N) is 1. The molecule has 0 spiro atoms. The van der Waals surface area contributed by atoms with E-state index in [1.54, 1.807) is 6.15 Å². The van der Waals surface area contributed by atoms with Gasteiger partial charge >= 0.3 is 48.1 Å². The quantitative estimate of drug-likeness (QED) is 0.536. The Hall–Kier alpha value is -0.560. The van der Waals surface area contributed by atoms with Crippen LogP contribution >= 0.6 is 0 Å². The van der Waals surface area contributed by atoms with E-state index in [-0.39, 0.29) is 0 Å². The van der Waals surface area contributed by atoms with Crippen LogP contribution in [0.3, 0.4) is 0 Å². The van der Waals surface area contributed by atoms with Crippen molar-refractivity contribution in [3.8, 4) is 6.15 Å². The Morgan fingerprint density at radius 3 is 2.75 bits per heavy atom. The Kier molecular flexibility index (Phi) is 4.27. The van der Waals surface area contributed by atoms with E-state index in [1.165, 1.54) is 0 Å². The fourth-order valence-electron chi connectivity index (χ4n) is 0.366. The molecule has 0 saturated carbocycles. The van der Waals surface area contributed by atoms with Crippen molar-refractivity contribution in [1.82, 2.24) is 0 Å². The van der Waals surface area contributed by atoms with E-state index in [4.69, 9.17) is 5.73 Å². The summed E-state index contributed by atoms with van der Waals surface area (Å²) in [4.78, 5) is 0. The van der Waals surface area contributed by atoms with Crippen molar-refractivity contribution in [2.45, 2.75) is 12.8 Å². The fraction of sp³-hybridized carbons (Fsp3) is 0.500. The maximum absolute atomic E-state index is 9.75. The topological polar surface area (TPSA) is 45.9 Å². The first-order valence-electron chi connectivity index (χ1n) is 2.57. The molecule has 0 aromatic rings. The van der Waals surface area contributed by atoms with Gasteiger partial charge in [-0.05, 0) is 0 Å². The maximum atomic E-state index is 9.75. The molecular formula is C6H10NO+. The average Bonchev–Trinajstić information content (AvgIpc) is 1.83. The van der Waals surface area contributed by atoms with Crippen molar-refractivity contribution < 1.29 is 4.65 Å². The zero-order chi connectivity index (χ0) is 6.41. The van der Waals surface area contributed by atoms with E-state index in [9.17, 15) is 4.65 Å². The third-order valence-electron chi connectivity index (χ3n) is 0.827. The van der Waals surface area contributed by atoms with Gasteiger partial charge in [0.05, 0.1) is 0 Å². The number of allylic oxidation sites excluding steroid dienone is 1. The molecule has 8 heavy (non-hydrogen) atoms. The van der Waals surface area contributed by atoms with E-state index in [0.717, 1.165) is 6.42 Å². The Balaban J connectivity index is 3.16. The molecular weight excluding hydrogens is 102 g/mol. The zero-order valence-electron chi connectivity index (χ0n) is 4.81. The molecule has 0 heterocycles. The first-order valence-corrected chi connectivity index (χ1v) is 2.57. The second-order valence-corrected chi connectivity index (χ2v) is 1.60. The van der Waals surface area contributed by atoms with Crippen molar-refractivity contribution in [3.05, 3.63) is 12.2 Å². The summed E-state index contributed by atoms with van der Waals surface area (Å²) >= 11 is 0. The molecule has 0 aliphatic carbocycles. The fourth-order valence-corrected chi connectivity index (χ4v) is 0.366. The first-order chi connectivity index (χ1) is 3.81. The van der Waals surface area contributed by atoms with Crippen molar-refractivity contribution in [2.24, 2.45) is 5.73 Å². The van der Waals surface area contributed by atoms with Gasteiger partial charge in [-0.3, -0.25) is 0 Å². The van der Waals surface area contributed by atoms with E-state index in [2.05, 4.69) is 6.58 Å². The van der Waals surface area contributed by atoms with E-state index in [1.807, 2.05) is 0 Å². The van der Waals surface area contributed by atoms with Crippen LogP contribution in [0.1, 0.15) is 12.8 Å². The molecule has 44 valence electrons. The van der Waals surface area contributed by atoms with E-state index < -0.39 is 0 Å². The number of hydrogen-bond acceptors (Lipinski definition) is 1. The van der Waals surface area contributed by atoms with Crippen LogP contribution in [0.15, 0.2) is 12.2 Å². The second kappa shape index (κ2) is 4.60. The molecule has 0 atom stereocenters. The molecule has 0 bridgehead atoms. The zero-order valence-corrected chi connectivity index (χ0v) is 4.81. The summed E-state index contributed by atoms with van der Waals surface area (Å²) in [6.07, 6.45) is 3.21. The van der Waals surface area contributed by atoms with Crippen molar-refractivity contribution in [3.63, 3.8) is 0 Å². The Morgan fingerprint density at radius 2 is 2.38 bits per heavy atom. The van der Waals surface area contributed by atoms with Gasteiger partial charge in [0.1, 0.15) is 0 Å². The summed E-state index contributed by atoms with van der Waals surface area (Å²) in [7, 11) is 0. The van der Waals surface area contributed by atoms with Crippen molar-refractivity contribution in [1.29, 1.82) is 0 Å². The van der Waals surface area contributed by atoms with Gasteiger partial charge in [0, 0.05) is 0 Å². The third kappa shape index (κ3) is 3.62. The number of hydrogen-bond donors (Lipinski definition) is 1. The van der Waals surface area contributed by atoms with Gasteiger partial charge in [-0.2, -0.15) is 0 Å². The summed E-state index contributed by atoms with van der Waals surface area (Å²) < 4.78 is 9.75. The summed E-state index contributed by atoms with van der Waals surface area (Å²) in [6.45, 7) is 4.04. The molecule has 0 aliphatic rings. The van der Waals surface area contributed by atoms with Gasteiger partial charge in [0.15, 0.2) is 0 Å².